The van der Waals surface area contributed by atoms with E-state index in [9.17, 15) is 0 Å². The van der Waals surface area contributed by atoms with Crippen LogP contribution in [0.4, 0.5) is 0 Å². The van der Waals surface area contributed by atoms with Crippen molar-refractivity contribution in [2.75, 3.05) is 13.1 Å². The molecule has 0 fully saturated rings. The number of benzene rings is 2. The van der Waals surface area contributed by atoms with Crippen molar-refractivity contribution in [3.8, 4) is 0 Å². The summed E-state index contributed by atoms with van der Waals surface area (Å²) in [6, 6.07) is 9.65. The Kier molecular flexibility index (Phi) is 13.8. The van der Waals surface area contributed by atoms with E-state index in [-0.39, 0.29) is 0 Å². The summed E-state index contributed by atoms with van der Waals surface area (Å²) in [5.74, 6) is 3.09. The molecule has 40 heavy (non-hydrogen) atoms. The molecule has 2 aromatic rings. The third-order valence-electron chi connectivity index (χ3n) is 8.12. The Hall–Kier alpha value is -2.22. The number of aliphatic imine (C=N–C) groups is 2. The van der Waals surface area contributed by atoms with Crippen molar-refractivity contribution in [1.29, 1.82) is 0 Å². The van der Waals surface area contributed by atoms with E-state index < -0.39 is 0 Å². The van der Waals surface area contributed by atoms with Crippen LogP contribution in [0, 0.1) is 0 Å². The van der Waals surface area contributed by atoms with Crippen molar-refractivity contribution in [2.45, 2.75) is 144 Å². The largest absolute Gasteiger partial charge is 0.293 e. The Balaban J connectivity index is 1.94. The second kappa shape index (κ2) is 16.3. The third-order valence-corrected chi connectivity index (χ3v) is 8.12. The molecule has 0 aliphatic rings. The van der Waals surface area contributed by atoms with Crippen molar-refractivity contribution < 1.29 is 0 Å². The molecule has 0 saturated heterocycles. The van der Waals surface area contributed by atoms with Crippen LogP contribution in [0.15, 0.2) is 34.3 Å². The van der Waals surface area contributed by atoms with Crippen LogP contribution in [-0.4, -0.2) is 25.5 Å². The normalized spacial score (nSPS) is 12.8. The van der Waals surface area contributed by atoms with E-state index in [2.05, 4.69) is 120 Å². The lowest BCUT2D eigenvalue weighted by atomic mass is 9.85. The fourth-order valence-electron chi connectivity index (χ4n) is 5.39. The Labute approximate surface area is 248 Å². The lowest BCUT2D eigenvalue weighted by Crippen LogP contribution is -2.06. The summed E-state index contributed by atoms with van der Waals surface area (Å²) in [6.45, 7) is 29.4. The van der Waals surface area contributed by atoms with E-state index in [1.165, 1.54) is 57.3 Å². The van der Waals surface area contributed by atoms with E-state index in [0.29, 0.717) is 35.5 Å². The maximum atomic E-state index is 4.89. The highest BCUT2D eigenvalue weighted by Gasteiger charge is 2.17. The summed E-state index contributed by atoms with van der Waals surface area (Å²) < 4.78 is 0. The van der Waals surface area contributed by atoms with E-state index in [1.54, 1.807) is 0 Å². The molecule has 2 nitrogen and oxygen atoms in total. The molecule has 0 aliphatic heterocycles. The van der Waals surface area contributed by atoms with E-state index >= 15 is 0 Å². The lowest BCUT2D eigenvalue weighted by molar-refractivity contribution is 0.655. The van der Waals surface area contributed by atoms with Crippen LogP contribution >= 0.6 is 0 Å². The lowest BCUT2D eigenvalue weighted by Gasteiger charge is -2.20. The number of nitrogens with zero attached hydrogens (tertiary/aromatic N) is 2. The zero-order valence-corrected chi connectivity index (χ0v) is 28.1. The smallest absolute Gasteiger partial charge is 0.0389 e. The van der Waals surface area contributed by atoms with E-state index in [4.69, 9.17) is 9.98 Å². The van der Waals surface area contributed by atoms with Crippen LogP contribution in [0.5, 0.6) is 0 Å². The molecule has 0 spiro atoms. The number of hydrogen-bond acceptors (Lipinski definition) is 2. The fourth-order valence-corrected chi connectivity index (χ4v) is 5.39. The van der Waals surface area contributed by atoms with Gasteiger partial charge in [0.2, 0.25) is 0 Å². The Morgan fingerprint density at radius 1 is 0.425 bits per heavy atom. The van der Waals surface area contributed by atoms with Crippen molar-refractivity contribution in [2.24, 2.45) is 9.98 Å². The van der Waals surface area contributed by atoms with Gasteiger partial charge < -0.3 is 0 Å². The van der Waals surface area contributed by atoms with Gasteiger partial charge in [-0.15, -0.1) is 0 Å². The van der Waals surface area contributed by atoms with E-state index in [0.717, 1.165) is 25.9 Å². The summed E-state index contributed by atoms with van der Waals surface area (Å²) in [7, 11) is 0. The van der Waals surface area contributed by atoms with Crippen LogP contribution in [0.1, 0.15) is 189 Å². The SMILES string of the molecule is CC(C)c1cc(C(C)C)c(/C=N/CCCCCC/N=C/c2c(C(C)C)cc(C(C)C)cc2C(C)C)c(C(C)C)c1. The van der Waals surface area contributed by atoms with Crippen LogP contribution in [0.2, 0.25) is 0 Å². The average Bonchev–Trinajstić information content (AvgIpc) is 2.88. The van der Waals surface area contributed by atoms with Crippen molar-refractivity contribution in [3.63, 3.8) is 0 Å². The second-order valence-corrected chi connectivity index (χ2v) is 13.6. The van der Waals surface area contributed by atoms with Gasteiger partial charge in [0.15, 0.2) is 0 Å². The highest BCUT2D eigenvalue weighted by atomic mass is 14.7. The van der Waals surface area contributed by atoms with Gasteiger partial charge in [-0.05, 0) is 92.9 Å². The number of unbranched alkanes of at least 4 members (excludes halogenated alkanes) is 3. The van der Waals surface area contributed by atoms with Crippen molar-refractivity contribution in [1.82, 2.24) is 0 Å². The molecule has 0 heterocycles. The predicted molar refractivity (Wildman–Crippen MR) is 181 cm³/mol. The molecular weight excluding hydrogens is 484 g/mol. The van der Waals surface area contributed by atoms with Gasteiger partial charge in [-0.3, -0.25) is 9.98 Å². The van der Waals surface area contributed by atoms with Gasteiger partial charge in [0.1, 0.15) is 0 Å². The molecule has 2 heteroatoms. The molecule has 0 N–H and O–H groups in total. The van der Waals surface area contributed by atoms with Crippen molar-refractivity contribution in [3.05, 3.63) is 68.8 Å². The van der Waals surface area contributed by atoms with Crippen LogP contribution < -0.4 is 0 Å². The summed E-state index contributed by atoms with van der Waals surface area (Å²) in [5.41, 5.74) is 11.4. The predicted octanol–water partition coefficient (Wildman–Crippen LogP) is 11.5. The van der Waals surface area contributed by atoms with E-state index in [1.807, 2.05) is 0 Å². The van der Waals surface area contributed by atoms with Gasteiger partial charge in [-0.2, -0.15) is 0 Å². The summed E-state index contributed by atoms with van der Waals surface area (Å²) in [4.78, 5) is 9.79. The number of hydrogen-bond donors (Lipinski definition) is 0. The van der Waals surface area contributed by atoms with Crippen molar-refractivity contribution >= 4 is 12.4 Å². The molecular formula is C38H60N2. The van der Waals surface area contributed by atoms with Crippen LogP contribution in [-0.2, 0) is 0 Å². The molecule has 0 bridgehead atoms. The first-order chi connectivity index (χ1) is 18.8. The topological polar surface area (TPSA) is 24.7 Å². The summed E-state index contributed by atoms with van der Waals surface area (Å²) in [5, 5.41) is 0. The zero-order valence-electron chi connectivity index (χ0n) is 28.1. The van der Waals surface area contributed by atoms with Crippen LogP contribution in [0.25, 0.3) is 0 Å². The Morgan fingerprint density at radius 2 is 0.700 bits per heavy atom. The fraction of sp³-hybridized carbons (Fsp3) is 0.632. The molecule has 0 aliphatic carbocycles. The van der Waals surface area contributed by atoms with Crippen LogP contribution in [0.3, 0.4) is 0 Å². The highest BCUT2D eigenvalue weighted by molar-refractivity contribution is 5.85. The molecule has 222 valence electrons. The standard InChI is InChI=1S/C38H60N2/c1-25(2)31-19-33(27(5)6)37(34(20-31)28(7)8)23-39-17-15-13-14-16-18-40-24-38-35(29(9)10)21-32(26(3)4)22-36(38)30(11)12/h19-30H,13-18H2,1-12H3/b39-23+,40-24+. The second-order valence-electron chi connectivity index (χ2n) is 13.6. The molecule has 2 rings (SSSR count). The minimum atomic E-state index is 0.500. The third kappa shape index (κ3) is 9.71. The molecule has 0 atom stereocenters. The van der Waals surface area contributed by atoms with Gasteiger partial charge in [-0.1, -0.05) is 120 Å². The molecule has 0 saturated carbocycles. The minimum absolute atomic E-state index is 0.500. The van der Waals surface area contributed by atoms with Gasteiger partial charge in [0, 0.05) is 25.5 Å². The summed E-state index contributed by atoms with van der Waals surface area (Å²) in [6.07, 6.45) is 9.05. The van der Waals surface area contributed by atoms with Gasteiger partial charge in [-0.25, -0.2) is 0 Å². The quantitative estimate of drug-likeness (QED) is 0.157. The summed E-state index contributed by atoms with van der Waals surface area (Å²) >= 11 is 0. The molecule has 0 unspecified atom stereocenters. The van der Waals surface area contributed by atoms with Gasteiger partial charge >= 0.3 is 0 Å². The monoisotopic (exact) mass is 544 g/mol. The maximum Gasteiger partial charge on any atom is 0.0389 e. The Bertz CT molecular complexity index is 965. The first-order valence-corrected chi connectivity index (χ1v) is 16.2. The maximum absolute atomic E-state index is 4.89. The highest BCUT2D eigenvalue weighted by Crippen LogP contribution is 2.32. The number of rotatable bonds is 15. The Morgan fingerprint density at radius 3 is 0.925 bits per heavy atom. The molecule has 0 aromatic heterocycles. The molecule has 0 radical (unpaired) electrons. The molecule has 0 amide bonds. The van der Waals surface area contributed by atoms with Gasteiger partial charge in [0.25, 0.3) is 0 Å². The molecule has 2 aromatic carbocycles. The minimum Gasteiger partial charge on any atom is -0.293 e. The average molecular weight is 545 g/mol. The first-order valence-electron chi connectivity index (χ1n) is 16.2. The zero-order chi connectivity index (χ0) is 30.0. The van der Waals surface area contributed by atoms with Gasteiger partial charge in [0.05, 0.1) is 0 Å². The first kappa shape index (κ1) is 34.0.